The number of hydrogen-bond donors (Lipinski definition) is 0. The van der Waals surface area contributed by atoms with E-state index in [2.05, 4.69) is 11.0 Å². The van der Waals surface area contributed by atoms with Crippen LogP contribution in [0.25, 0.3) is 0 Å². The Hall–Kier alpha value is -2.35. The average molecular weight is 351 g/mol. The Labute approximate surface area is 154 Å². The molecular weight excluding hydrogens is 326 g/mol. The van der Waals surface area contributed by atoms with Crippen molar-refractivity contribution in [3.8, 4) is 6.07 Å². The van der Waals surface area contributed by atoms with Gasteiger partial charge >= 0.3 is 0 Å². The normalized spacial score (nSPS) is 21.9. The molecule has 3 aliphatic rings. The number of rotatable bonds is 4. The highest BCUT2D eigenvalue weighted by molar-refractivity contribution is 5.80. The van der Waals surface area contributed by atoms with Gasteiger partial charge in [0.2, 0.25) is 11.8 Å². The van der Waals surface area contributed by atoms with Crippen molar-refractivity contribution < 1.29 is 9.59 Å². The van der Waals surface area contributed by atoms with Crippen LogP contribution in [0.1, 0.15) is 43.2 Å². The van der Waals surface area contributed by atoms with Gasteiger partial charge in [0.15, 0.2) is 0 Å². The molecule has 3 fully saturated rings. The van der Waals surface area contributed by atoms with Gasteiger partial charge in [-0.15, -0.1) is 0 Å². The lowest BCUT2D eigenvalue weighted by atomic mass is 9.77. The fourth-order valence-corrected chi connectivity index (χ4v) is 4.31. The Morgan fingerprint density at radius 1 is 1.19 bits per heavy atom. The maximum atomic E-state index is 12.6. The summed E-state index contributed by atoms with van der Waals surface area (Å²) < 4.78 is 0. The molecule has 1 aromatic rings. The second-order valence-corrected chi connectivity index (χ2v) is 8.26. The van der Waals surface area contributed by atoms with Crippen LogP contribution in [-0.4, -0.2) is 47.8 Å². The lowest BCUT2D eigenvalue weighted by molar-refractivity contribution is -0.132. The summed E-state index contributed by atoms with van der Waals surface area (Å²) in [5.74, 6) is 1.20. The fourth-order valence-electron chi connectivity index (χ4n) is 4.31. The van der Waals surface area contributed by atoms with E-state index in [4.69, 9.17) is 5.26 Å². The summed E-state index contributed by atoms with van der Waals surface area (Å²) in [6, 6.07) is 9.32. The molecule has 0 unspecified atom stereocenters. The molecule has 0 bridgehead atoms. The molecule has 2 saturated heterocycles. The summed E-state index contributed by atoms with van der Waals surface area (Å²) in [5.41, 5.74) is 1.65. The summed E-state index contributed by atoms with van der Waals surface area (Å²) in [4.78, 5) is 29.0. The van der Waals surface area contributed by atoms with Crippen LogP contribution < -0.4 is 0 Å². The topological polar surface area (TPSA) is 64.4 Å². The summed E-state index contributed by atoms with van der Waals surface area (Å²) in [6.07, 6.45) is 5.45. The minimum atomic E-state index is 0.0944. The molecule has 1 spiro atoms. The third kappa shape index (κ3) is 3.60. The van der Waals surface area contributed by atoms with Gasteiger partial charge in [-0.2, -0.15) is 5.26 Å². The van der Waals surface area contributed by atoms with Crippen LogP contribution >= 0.6 is 0 Å². The molecule has 1 saturated carbocycles. The predicted octanol–water partition coefficient (Wildman–Crippen LogP) is 2.35. The number of benzene rings is 1. The molecule has 1 aliphatic carbocycles. The van der Waals surface area contributed by atoms with Crippen molar-refractivity contribution in [2.75, 3.05) is 26.2 Å². The number of piperidine rings is 1. The van der Waals surface area contributed by atoms with Gasteiger partial charge < -0.3 is 9.80 Å². The minimum absolute atomic E-state index is 0.0944. The smallest absolute Gasteiger partial charge is 0.226 e. The highest BCUT2D eigenvalue weighted by Gasteiger charge is 2.46. The van der Waals surface area contributed by atoms with E-state index >= 15 is 0 Å². The van der Waals surface area contributed by atoms with Gasteiger partial charge in [-0.25, -0.2) is 0 Å². The van der Waals surface area contributed by atoms with Crippen molar-refractivity contribution in [2.45, 2.75) is 38.5 Å². The highest BCUT2D eigenvalue weighted by atomic mass is 16.2. The Bertz CT molecular complexity index is 738. The zero-order valence-electron chi connectivity index (χ0n) is 15.1. The molecule has 5 nitrogen and oxygen atoms in total. The molecule has 26 heavy (non-hydrogen) atoms. The highest BCUT2D eigenvalue weighted by Crippen LogP contribution is 2.42. The Kier molecular flexibility index (Phi) is 4.44. The summed E-state index contributed by atoms with van der Waals surface area (Å²) in [5, 5.41) is 8.85. The molecule has 0 N–H and O–H groups in total. The zero-order chi connectivity index (χ0) is 18.1. The Morgan fingerprint density at radius 3 is 2.50 bits per heavy atom. The first kappa shape index (κ1) is 17.1. The van der Waals surface area contributed by atoms with Gasteiger partial charge in [0.1, 0.15) is 0 Å². The standard InChI is InChI=1S/C21H25N3O2/c22-13-17-3-1-16(2-4-17)11-19(25)23-9-7-21(8-10-23)12-20(26)24(15-21)14-18-5-6-18/h1-4,18H,5-12,14-15H2. The molecule has 4 rings (SSSR count). The van der Waals surface area contributed by atoms with Crippen LogP contribution in [0.2, 0.25) is 0 Å². The first-order valence-electron chi connectivity index (χ1n) is 9.61. The van der Waals surface area contributed by atoms with E-state index in [1.165, 1.54) is 12.8 Å². The van der Waals surface area contributed by atoms with Gasteiger partial charge in [0.05, 0.1) is 18.1 Å². The number of nitriles is 1. The van der Waals surface area contributed by atoms with E-state index < -0.39 is 0 Å². The van der Waals surface area contributed by atoms with E-state index in [1.807, 2.05) is 17.0 Å². The van der Waals surface area contributed by atoms with Crippen molar-refractivity contribution in [3.63, 3.8) is 0 Å². The van der Waals surface area contributed by atoms with Crippen molar-refractivity contribution in [2.24, 2.45) is 11.3 Å². The first-order chi connectivity index (χ1) is 12.6. The van der Waals surface area contributed by atoms with E-state index in [0.29, 0.717) is 24.3 Å². The van der Waals surface area contributed by atoms with Gasteiger partial charge in [0.25, 0.3) is 0 Å². The van der Waals surface area contributed by atoms with E-state index in [-0.39, 0.29) is 11.3 Å². The maximum Gasteiger partial charge on any atom is 0.226 e. The predicted molar refractivity (Wildman–Crippen MR) is 97.0 cm³/mol. The molecule has 0 radical (unpaired) electrons. The fraction of sp³-hybridized carbons (Fsp3) is 0.571. The third-order valence-electron chi connectivity index (χ3n) is 6.20. The first-order valence-corrected chi connectivity index (χ1v) is 9.61. The second-order valence-electron chi connectivity index (χ2n) is 8.26. The largest absolute Gasteiger partial charge is 0.342 e. The monoisotopic (exact) mass is 351 g/mol. The molecule has 1 aromatic carbocycles. The third-order valence-corrected chi connectivity index (χ3v) is 6.20. The zero-order valence-corrected chi connectivity index (χ0v) is 15.1. The van der Waals surface area contributed by atoms with Crippen LogP contribution in [0.4, 0.5) is 0 Å². The molecule has 2 aliphatic heterocycles. The number of hydrogen-bond acceptors (Lipinski definition) is 3. The summed E-state index contributed by atoms with van der Waals surface area (Å²) >= 11 is 0. The Morgan fingerprint density at radius 2 is 1.88 bits per heavy atom. The minimum Gasteiger partial charge on any atom is -0.342 e. The molecular formula is C21H25N3O2. The average Bonchev–Trinajstić information content (AvgIpc) is 3.41. The summed E-state index contributed by atoms with van der Waals surface area (Å²) in [7, 11) is 0. The van der Waals surface area contributed by atoms with Crippen LogP contribution in [-0.2, 0) is 16.0 Å². The van der Waals surface area contributed by atoms with Crippen molar-refractivity contribution >= 4 is 11.8 Å². The molecule has 5 heteroatoms. The summed E-state index contributed by atoms with van der Waals surface area (Å²) in [6.45, 7) is 3.33. The Balaban J connectivity index is 1.30. The van der Waals surface area contributed by atoms with Gasteiger partial charge in [0, 0.05) is 38.0 Å². The molecule has 136 valence electrons. The van der Waals surface area contributed by atoms with Gasteiger partial charge in [-0.1, -0.05) is 12.1 Å². The molecule has 0 aromatic heterocycles. The molecule has 2 amide bonds. The quantitative estimate of drug-likeness (QED) is 0.836. The van der Waals surface area contributed by atoms with E-state index in [1.54, 1.807) is 12.1 Å². The second kappa shape index (κ2) is 6.75. The van der Waals surface area contributed by atoms with Crippen LogP contribution in [0.15, 0.2) is 24.3 Å². The number of carbonyl (C=O) groups excluding carboxylic acids is 2. The van der Waals surface area contributed by atoms with Gasteiger partial charge in [-0.05, 0) is 49.3 Å². The number of amides is 2. The molecule has 0 atom stereocenters. The van der Waals surface area contributed by atoms with Crippen molar-refractivity contribution in [1.82, 2.24) is 9.80 Å². The maximum absolute atomic E-state index is 12.6. The SMILES string of the molecule is N#Cc1ccc(CC(=O)N2CCC3(CC2)CC(=O)N(CC2CC2)C3)cc1. The number of carbonyl (C=O) groups is 2. The van der Waals surface area contributed by atoms with Crippen molar-refractivity contribution in [1.29, 1.82) is 5.26 Å². The lowest BCUT2D eigenvalue weighted by Gasteiger charge is -2.39. The number of nitrogens with zero attached hydrogens (tertiary/aromatic N) is 3. The van der Waals surface area contributed by atoms with Gasteiger partial charge in [-0.3, -0.25) is 9.59 Å². The van der Waals surface area contributed by atoms with Crippen LogP contribution in [0.3, 0.4) is 0 Å². The van der Waals surface area contributed by atoms with E-state index in [0.717, 1.165) is 50.5 Å². The lowest BCUT2D eigenvalue weighted by Crippen LogP contribution is -2.44. The van der Waals surface area contributed by atoms with Crippen LogP contribution in [0.5, 0.6) is 0 Å². The van der Waals surface area contributed by atoms with Crippen LogP contribution in [0, 0.1) is 22.7 Å². The molecule has 2 heterocycles. The van der Waals surface area contributed by atoms with Crippen molar-refractivity contribution in [3.05, 3.63) is 35.4 Å². The number of likely N-dealkylation sites (tertiary alicyclic amines) is 2. The van der Waals surface area contributed by atoms with E-state index in [9.17, 15) is 9.59 Å².